The van der Waals surface area contributed by atoms with E-state index in [0.717, 1.165) is 0 Å². The summed E-state index contributed by atoms with van der Waals surface area (Å²) >= 11 is 0. The van der Waals surface area contributed by atoms with Crippen LogP contribution in [0.15, 0.2) is 11.6 Å². The van der Waals surface area contributed by atoms with Crippen LogP contribution in [0.3, 0.4) is 0 Å². The van der Waals surface area contributed by atoms with E-state index >= 15 is 0 Å². The van der Waals surface area contributed by atoms with Crippen LogP contribution >= 0.6 is 0 Å². The zero-order valence-electron chi connectivity index (χ0n) is 13.6. The van der Waals surface area contributed by atoms with Crippen molar-refractivity contribution in [3.05, 3.63) is 11.6 Å². The third-order valence-electron chi connectivity index (χ3n) is 4.13. The molecule has 0 N–H and O–H groups in total. The third-order valence-corrected chi connectivity index (χ3v) is 9.44. The van der Waals surface area contributed by atoms with E-state index in [4.69, 9.17) is 0 Å². The monoisotopic (exact) mass is 268 g/mol. The van der Waals surface area contributed by atoms with Gasteiger partial charge in [-0.05, 0) is 19.9 Å². The molecular formula is C17H36Si. The van der Waals surface area contributed by atoms with E-state index in [-0.39, 0.29) is 0 Å². The van der Waals surface area contributed by atoms with Crippen LogP contribution in [0.25, 0.3) is 0 Å². The van der Waals surface area contributed by atoms with Gasteiger partial charge in [-0.1, -0.05) is 89.1 Å². The van der Waals surface area contributed by atoms with E-state index in [9.17, 15) is 0 Å². The first-order valence-electron chi connectivity index (χ1n) is 8.23. The molecule has 0 saturated heterocycles. The molecule has 0 unspecified atom stereocenters. The number of hydrogen-bond donors (Lipinski definition) is 0. The van der Waals surface area contributed by atoms with E-state index in [0.29, 0.717) is 0 Å². The van der Waals surface area contributed by atoms with E-state index in [1.54, 1.807) is 18.1 Å². The van der Waals surface area contributed by atoms with Crippen molar-refractivity contribution < 1.29 is 0 Å². The van der Waals surface area contributed by atoms with Crippen molar-refractivity contribution >= 4 is 8.07 Å². The fourth-order valence-electron chi connectivity index (χ4n) is 2.76. The Morgan fingerprint density at radius 3 is 1.44 bits per heavy atom. The summed E-state index contributed by atoms with van der Waals surface area (Å²) in [7, 11) is -0.998. The SMILES string of the molecule is CCCC[Si](CC=C(C)C)(CCCC)CCCC. The van der Waals surface area contributed by atoms with Crippen LogP contribution in [0.4, 0.5) is 0 Å². The number of allylic oxidation sites excluding steroid dienone is 2. The van der Waals surface area contributed by atoms with Crippen molar-refractivity contribution in [2.75, 3.05) is 0 Å². The lowest BCUT2D eigenvalue weighted by Gasteiger charge is -2.31. The minimum Gasteiger partial charge on any atom is -0.0885 e. The molecule has 0 aliphatic heterocycles. The lowest BCUT2D eigenvalue weighted by atomic mass is 10.3. The van der Waals surface area contributed by atoms with Crippen molar-refractivity contribution in [2.45, 2.75) is 97.3 Å². The normalized spacial score (nSPS) is 11.6. The second-order valence-electron chi connectivity index (χ2n) is 6.30. The van der Waals surface area contributed by atoms with Gasteiger partial charge in [0, 0.05) is 0 Å². The average molecular weight is 269 g/mol. The largest absolute Gasteiger partial charge is 0.0885 e. The summed E-state index contributed by atoms with van der Waals surface area (Å²) < 4.78 is 0. The van der Waals surface area contributed by atoms with Crippen molar-refractivity contribution in [2.24, 2.45) is 0 Å². The highest BCUT2D eigenvalue weighted by Gasteiger charge is 2.29. The lowest BCUT2D eigenvalue weighted by Crippen LogP contribution is -2.33. The van der Waals surface area contributed by atoms with Crippen LogP contribution in [0.5, 0.6) is 0 Å². The van der Waals surface area contributed by atoms with Crippen LogP contribution in [0.2, 0.25) is 24.2 Å². The predicted octanol–water partition coefficient (Wildman–Crippen LogP) is 6.80. The van der Waals surface area contributed by atoms with Gasteiger partial charge in [0.15, 0.2) is 0 Å². The lowest BCUT2D eigenvalue weighted by molar-refractivity contribution is 0.790. The van der Waals surface area contributed by atoms with E-state index in [2.05, 4.69) is 40.7 Å². The van der Waals surface area contributed by atoms with Crippen molar-refractivity contribution in [1.82, 2.24) is 0 Å². The van der Waals surface area contributed by atoms with Crippen molar-refractivity contribution in [3.63, 3.8) is 0 Å². The van der Waals surface area contributed by atoms with Gasteiger partial charge in [0.25, 0.3) is 0 Å². The Bertz CT molecular complexity index is 192. The molecule has 0 nitrogen and oxygen atoms in total. The van der Waals surface area contributed by atoms with Crippen LogP contribution in [0, 0.1) is 0 Å². The first-order chi connectivity index (χ1) is 8.60. The second-order valence-corrected chi connectivity index (χ2v) is 11.2. The zero-order valence-corrected chi connectivity index (χ0v) is 14.6. The molecule has 0 saturated carbocycles. The Hall–Kier alpha value is -0.0431. The molecule has 0 atom stereocenters. The molecule has 0 rings (SSSR count). The van der Waals surface area contributed by atoms with Gasteiger partial charge >= 0.3 is 0 Å². The Morgan fingerprint density at radius 1 is 0.778 bits per heavy atom. The molecule has 0 bridgehead atoms. The van der Waals surface area contributed by atoms with Crippen LogP contribution in [0.1, 0.15) is 73.1 Å². The number of hydrogen-bond acceptors (Lipinski definition) is 0. The first kappa shape index (κ1) is 18.0. The third kappa shape index (κ3) is 8.13. The minimum absolute atomic E-state index is 0.998. The van der Waals surface area contributed by atoms with Crippen molar-refractivity contribution in [3.8, 4) is 0 Å². The zero-order chi connectivity index (χ0) is 13.9. The van der Waals surface area contributed by atoms with E-state index < -0.39 is 8.07 Å². The molecule has 0 radical (unpaired) electrons. The molecule has 0 aromatic carbocycles. The van der Waals surface area contributed by atoms with Crippen LogP contribution < -0.4 is 0 Å². The number of unbranched alkanes of at least 4 members (excludes halogenated alkanes) is 3. The standard InChI is InChI=1S/C17H36Si/c1-6-9-13-18(14-10-7-2,15-11-8-3)16-12-17(4)5/h12H,6-11,13-16H2,1-5H3. The molecule has 0 fully saturated rings. The summed E-state index contributed by atoms with van der Waals surface area (Å²) in [5, 5.41) is 0. The maximum atomic E-state index is 2.55. The summed E-state index contributed by atoms with van der Waals surface area (Å²) in [5.74, 6) is 0. The molecule has 0 aliphatic carbocycles. The molecule has 0 amide bonds. The minimum atomic E-state index is -0.998. The average Bonchev–Trinajstić information content (AvgIpc) is 2.37. The van der Waals surface area contributed by atoms with Crippen molar-refractivity contribution in [1.29, 1.82) is 0 Å². The smallest absolute Gasteiger partial charge is 0.0573 e. The van der Waals surface area contributed by atoms with Gasteiger partial charge in [0.1, 0.15) is 0 Å². The van der Waals surface area contributed by atoms with Gasteiger partial charge in [0.05, 0.1) is 8.07 Å². The topological polar surface area (TPSA) is 0 Å². The fraction of sp³-hybridized carbons (Fsp3) is 0.882. The molecule has 0 aromatic rings. The van der Waals surface area contributed by atoms with E-state index in [1.165, 1.54) is 50.1 Å². The Balaban J connectivity index is 4.67. The maximum Gasteiger partial charge on any atom is 0.0573 e. The highest BCUT2D eigenvalue weighted by atomic mass is 28.3. The summed E-state index contributed by atoms with van der Waals surface area (Å²) in [6.45, 7) is 11.6. The van der Waals surface area contributed by atoms with Gasteiger partial charge in [0.2, 0.25) is 0 Å². The van der Waals surface area contributed by atoms with E-state index in [1.807, 2.05) is 0 Å². The Kier molecular flexibility index (Phi) is 10.8. The maximum absolute atomic E-state index is 2.55. The van der Waals surface area contributed by atoms with Crippen LogP contribution in [-0.2, 0) is 0 Å². The molecule has 0 aromatic heterocycles. The molecule has 0 heterocycles. The fourth-order valence-corrected chi connectivity index (χ4v) is 8.27. The highest BCUT2D eigenvalue weighted by Crippen LogP contribution is 2.32. The quantitative estimate of drug-likeness (QED) is 0.285. The molecule has 108 valence electrons. The number of rotatable bonds is 11. The molecule has 1 heteroatoms. The summed E-state index contributed by atoms with van der Waals surface area (Å²) in [6, 6.07) is 6.18. The second kappa shape index (κ2) is 10.8. The van der Waals surface area contributed by atoms with Gasteiger partial charge in [-0.2, -0.15) is 0 Å². The van der Waals surface area contributed by atoms with Crippen LogP contribution in [-0.4, -0.2) is 8.07 Å². The predicted molar refractivity (Wildman–Crippen MR) is 89.1 cm³/mol. The van der Waals surface area contributed by atoms with Gasteiger partial charge < -0.3 is 0 Å². The molecular weight excluding hydrogens is 232 g/mol. The van der Waals surface area contributed by atoms with Gasteiger partial charge in [-0.3, -0.25) is 0 Å². The summed E-state index contributed by atoms with van der Waals surface area (Å²) in [4.78, 5) is 0. The summed E-state index contributed by atoms with van der Waals surface area (Å²) in [6.07, 6.45) is 11.1. The Labute approximate surface area is 117 Å². The first-order valence-corrected chi connectivity index (χ1v) is 11.1. The Morgan fingerprint density at radius 2 is 1.17 bits per heavy atom. The molecule has 0 spiro atoms. The summed E-state index contributed by atoms with van der Waals surface area (Å²) in [5.41, 5.74) is 1.52. The molecule has 0 aliphatic rings. The highest BCUT2D eigenvalue weighted by molar-refractivity contribution is 6.80. The van der Waals surface area contributed by atoms with Gasteiger partial charge in [-0.15, -0.1) is 0 Å². The molecule has 18 heavy (non-hydrogen) atoms. The van der Waals surface area contributed by atoms with Gasteiger partial charge in [-0.25, -0.2) is 0 Å².